The molecule has 3 rings (SSSR count). The minimum atomic E-state index is -0.331. The maximum absolute atomic E-state index is 12.6. The molecule has 0 bridgehead atoms. The number of benzene rings is 1. The lowest BCUT2D eigenvalue weighted by Gasteiger charge is -2.12. The molecule has 3 aromatic rings. The third kappa shape index (κ3) is 4.16. The molecule has 2 N–H and O–H groups in total. The van der Waals surface area contributed by atoms with Crippen LogP contribution >= 0.6 is 23.1 Å². The minimum Gasteiger partial charge on any atom is -0.355 e. The Morgan fingerprint density at radius 3 is 2.69 bits per heavy atom. The number of thioether (sulfide) groups is 1. The SMILES string of the molecule is CC(C)CNC(=O)[C@H](C)Sc1nc2scc(-c3ccccc3)c2c(=O)[nH]1. The normalized spacial score (nSPS) is 12.5. The number of nitrogens with one attached hydrogen (secondary N) is 2. The molecule has 1 aromatic carbocycles. The summed E-state index contributed by atoms with van der Waals surface area (Å²) in [6.45, 7) is 6.55. The van der Waals surface area contributed by atoms with Gasteiger partial charge in [0.1, 0.15) is 4.83 Å². The molecule has 5 nitrogen and oxygen atoms in total. The van der Waals surface area contributed by atoms with E-state index in [9.17, 15) is 9.59 Å². The Morgan fingerprint density at radius 1 is 1.27 bits per heavy atom. The first-order valence-corrected chi connectivity index (χ1v) is 10.2. The molecule has 2 heterocycles. The summed E-state index contributed by atoms with van der Waals surface area (Å²) in [6.07, 6.45) is 0. The van der Waals surface area contributed by atoms with Gasteiger partial charge in [-0.3, -0.25) is 9.59 Å². The molecular formula is C19H21N3O2S2. The van der Waals surface area contributed by atoms with Crippen LogP contribution in [0.2, 0.25) is 0 Å². The second-order valence-electron chi connectivity index (χ2n) is 6.47. The van der Waals surface area contributed by atoms with Crippen molar-refractivity contribution in [2.45, 2.75) is 31.2 Å². The highest BCUT2D eigenvalue weighted by Gasteiger charge is 2.18. The fourth-order valence-electron chi connectivity index (χ4n) is 2.48. The van der Waals surface area contributed by atoms with Crippen molar-refractivity contribution < 1.29 is 4.79 Å². The van der Waals surface area contributed by atoms with Gasteiger partial charge in [0.25, 0.3) is 5.56 Å². The molecule has 0 fully saturated rings. The molecule has 0 radical (unpaired) electrons. The number of nitrogens with zero attached hydrogens (tertiary/aromatic N) is 1. The summed E-state index contributed by atoms with van der Waals surface area (Å²) >= 11 is 2.71. The quantitative estimate of drug-likeness (QED) is 0.497. The molecule has 0 unspecified atom stereocenters. The fourth-order valence-corrected chi connectivity index (χ4v) is 4.31. The number of hydrogen-bond donors (Lipinski definition) is 2. The van der Waals surface area contributed by atoms with Crippen LogP contribution < -0.4 is 10.9 Å². The van der Waals surface area contributed by atoms with Crippen LogP contribution in [0.5, 0.6) is 0 Å². The van der Waals surface area contributed by atoms with Gasteiger partial charge in [0, 0.05) is 17.5 Å². The first-order valence-electron chi connectivity index (χ1n) is 8.47. The van der Waals surface area contributed by atoms with Crippen LogP contribution in [0.25, 0.3) is 21.3 Å². The maximum atomic E-state index is 12.6. The summed E-state index contributed by atoms with van der Waals surface area (Å²) in [5.41, 5.74) is 1.71. The largest absolute Gasteiger partial charge is 0.355 e. The third-order valence-electron chi connectivity index (χ3n) is 3.85. The zero-order valence-corrected chi connectivity index (χ0v) is 16.5. The van der Waals surface area contributed by atoms with Crippen LogP contribution in [0.15, 0.2) is 45.7 Å². The van der Waals surface area contributed by atoms with Crippen molar-refractivity contribution in [1.29, 1.82) is 0 Å². The predicted molar refractivity (Wildman–Crippen MR) is 109 cm³/mol. The molecule has 1 atom stereocenters. The van der Waals surface area contributed by atoms with E-state index in [0.717, 1.165) is 11.1 Å². The van der Waals surface area contributed by atoms with Gasteiger partial charge < -0.3 is 10.3 Å². The number of thiophene rings is 1. The molecule has 0 aliphatic carbocycles. The van der Waals surface area contributed by atoms with Gasteiger partial charge in [0.2, 0.25) is 5.91 Å². The molecule has 2 aromatic heterocycles. The van der Waals surface area contributed by atoms with E-state index in [2.05, 4.69) is 15.3 Å². The average Bonchev–Trinajstić information content (AvgIpc) is 3.04. The van der Waals surface area contributed by atoms with E-state index in [4.69, 9.17) is 0 Å². The number of hydrogen-bond acceptors (Lipinski definition) is 5. The van der Waals surface area contributed by atoms with Crippen molar-refractivity contribution in [2.24, 2.45) is 5.92 Å². The lowest BCUT2D eigenvalue weighted by atomic mass is 10.1. The molecule has 0 spiro atoms. The van der Waals surface area contributed by atoms with E-state index in [1.54, 1.807) is 0 Å². The Balaban J connectivity index is 1.84. The Bertz CT molecular complexity index is 964. The van der Waals surface area contributed by atoms with Crippen LogP contribution in [0.3, 0.4) is 0 Å². The first-order chi connectivity index (χ1) is 12.5. The number of amides is 1. The van der Waals surface area contributed by atoms with E-state index in [-0.39, 0.29) is 16.7 Å². The lowest BCUT2D eigenvalue weighted by molar-refractivity contribution is -0.120. The first kappa shape index (κ1) is 18.7. The second-order valence-corrected chi connectivity index (χ2v) is 8.65. The number of aromatic nitrogens is 2. The van der Waals surface area contributed by atoms with Crippen LogP contribution in [0.1, 0.15) is 20.8 Å². The van der Waals surface area contributed by atoms with Gasteiger partial charge in [-0.05, 0) is 18.4 Å². The van der Waals surface area contributed by atoms with Crippen molar-refractivity contribution in [3.8, 4) is 11.1 Å². The average molecular weight is 388 g/mol. The molecule has 136 valence electrons. The number of carbonyl (C=O) groups excluding carboxylic acids is 1. The Kier molecular flexibility index (Phi) is 5.78. The zero-order valence-electron chi connectivity index (χ0n) is 14.9. The molecule has 7 heteroatoms. The van der Waals surface area contributed by atoms with Crippen LogP contribution in [-0.2, 0) is 4.79 Å². The van der Waals surface area contributed by atoms with Gasteiger partial charge in [-0.15, -0.1) is 11.3 Å². The maximum Gasteiger partial charge on any atom is 0.260 e. The number of fused-ring (bicyclic) bond motifs is 1. The number of aromatic amines is 1. The van der Waals surface area contributed by atoms with E-state index < -0.39 is 0 Å². The van der Waals surface area contributed by atoms with E-state index in [1.807, 2.05) is 56.5 Å². The molecule has 1 amide bonds. The van der Waals surface area contributed by atoms with Gasteiger partial charge in [-0.25, -0.2) is 4.98 Å². The van der Waals surface area contributed by atoms with Gasteiger partial charge >= 0.3 is 0 Å². The molecule has 26 heavy (non-hydrogen) atoms. The summed E-state index contributed by atoms with van der Waals surface area (Å²) in [5.74, 6) is 0.343. The van der Waals surface area contributed by atoms with Gasteiger partial charge in [0.05, 0.1) is 10.6 Å². The second kappa shape index (κ2) is 8.05. The van der Waals surface area contributed by atoms with Crippen LogP contribution in [0, 0.1) is 5.92 Å². The number of H-pyrrole nitrogens is 1. The smallest absolute Gasteiger partial charge is 0.260 e. The zero-order chi connectivity index (χ0) is 18.7. The summed E-state index contributed by atoms with van der Waals surface area (Å²) < 4.78 is 0. The molecule has 0 aliphatic rings. The van der Waals surface area contributed by atoms with Gasteiger partial charge in [0.15, 0.2) is 5.16 Å². The van der Waals surface area contributed by atoms with Crippen LogP contribution in [-0.4, -0.2) is 27.7 Å². The molecule has 0 saturated carbocycles. The van der Waals surface area contributed by atoms with Crippen molar-refractivity contribution in [1.82, 2.24) is 15.3 Å². The Morgan fingerprint density at radius 2 is 2.00 bits per heavy atom. The third-order valence-corrected chi connectivity index (χ3v) is 5.71. The van der Waals surface area contributed by atoms with Crippen molar-refractivity contribution >= 4 is 39.2 Å². The monoisotopic (exact) mass is 387 g/mol. The molecule has 0 saturated heterocycles. The molecule has 0 aliphatic heterocycles. The fraction of sp³-hybridized carbons (Fsp3) is 0.316. The van der Waals surface area contributed by atoms with Crippen molar-refractivity contribution in [2.75, 3.05) is 6.54 Å². The Hall–Kier alpha value is -2.12. The van der Waals surface area contributed by atoms with Gasteiger partial charge in [-0.2, -0.15) is 0 Å². The topological polar surface area (TPSA) is 74.8 Å². The van der Waals surface area contributed by atoms with Crippen molar-refractivity contribution in [3.05, 3.63) is 46.1 Å². The summed E-state index contributed by atoms with van der Waals surface area (Å²) in [7, 11) is 0. The highest BCUT2D eigenvalue weighted by molar-refractivity contribution is 8.00. The van der Waals surface area contributed by atoms with E-state index >= 15 is 0 Å². The lowest BCUT2D eigenvalue weighted by Crippen LogP contribution is -2.33. The van der Waals surface area contributed by atoms with Crippen molar-refractivity contribution in [3.63, 3.8) is 0 Å². The summed E-state index contributed by atoms with van der Waals surface area (Å²) in [6, 6.07) is 9.79. The Labute approximate surface area is 160 Å². The van der Waals surface area contributed by atoms with Crippen LogP contribution in [0.4, 0.5) is 0 Å². The minimum absolute atomic E-state index is 0.0531. The summed E-state index contributed by atoms with van der Waals surface area (Å²) in [4.78, 5) is 32.8. The molecular weight excluding hydrogens is 366 g/mol. The standard InChI is InChI=1S/C19H21N3O2S2/c1-11(2)9-20-16(23)12(3)26-19-21-17(24)15-14(10-25-18(15)22-19)13-7-5-4-6-8-13/h4-8,10-12H,9H2,1-3H3,(H,20,23)(H,21,22,24)/t12-/m0/s1. The number of rotatable bonds is 6. The number of carbonyl (C=O) groups is 1. The van der Waals surface area contributed by atoms with E-state index in [0.29, 0.717) is 27.8 Å². The van der Waals surface area contributed by atoms with E-state index in [1.165, 1.54) is 23.1 Å². The summed E-state index contributed by atoms with van der Waals surface area (Å²) in [5, 5.41) is 5.59. The predicted octanol–water partition coefficient (Wildman–Crippen LogP) is 3.90. The highest BCUT2D eigenvalue weighted by Crippen LogP contribution is 2.31. The van der Waals surface area contributed by atoms with Gasteiger partial charge in [-0.1, -0.05) is 55.9 Å². The highest BCUT2D eigenvalue weighted by atomic mass is 32.2.